The molecule has 0 bridgehead atoms. The fourth-order valence-electron chi connectivity index (χ4n) is 2.97. The van der Waals surface area contributed by atoms with Gasteiger partial charge < -0.3 is 9.64 Å². The predicted molar refractivity (Wildman–Crippen MR) is 97.7 cm³/mol. The number of hydrogen-bond donors (Lipinski definition) is 0. The van der Waals surface area contributed by atoms with Crippen LogP contribution in [0.3, 0.4) is 0 Å². The van der Waals surface area contributed by atoms with Crippen molar-refractivity contribution in [3.8, 4) is 11.9 Å². The molecule has 2 heterocycles. The first-order valence-corrected chi connectivity index (χ1v) is 8.79. The Kier molecular flexibility index (Phi) is 5.82. The topological polar surface area (TPSA) is 69.5 Å². The van der Waals surface area contributed by atoms with Crippen molar-refractivity contribution in [2.45, 2.75) is 13.5 Å². The minimum Gasteiger partial charge on any atom is -0.478 e. The second-order valence-corrected chi connectivity index (χ2v) is 6.20. The minimum atomic E-state index is 0.0249. The number of hydrogen-bond acceptors (Lipinski definition) is 5. The third-order valence-corrected chi connectivity index (χ3v) is 4.42. The highest BCUT2D eigenvalue weighted by atomic mass is 16.5. The molecule has 0 saturated carbocycles. The number of carbonyl (C=O) groups is 1. The van der Waals surface area contributed by atoms with Crippen LogP contribution in [0.15, 0.2) is 42.6 Å². The molecule has 1 aromatic carbocycles. The van der Waals surface area contributed by atoms with E-state index in [2.05, 4.69) is 16.0 Å². The molecule has 0 spiro atoms. The van der Waals surface area contributed by atoms with E-state index in [1.807, 2.05) is 30.2 Å². The summed E-state index contributed by atoms with van der Waals surface area (Å²) < 4.78 is 5.36. The van der Waals surface area contributed by atoms with E-state index in [1.165, 1.54) is 0 Å². The number of ether oxygens (including phenoxy) is 1. The summed E-state index contributed by atoms with van der Waals surface area (Å²) in [5, 5.41) is 8.85. The number of amides is 1. The first-order chi connectivity index (χ1) is 12.7. The Morgan fingerprint density at radius 1 is 1.15 bits per heavy atom. The first-order valence-electron chi connectivity index (χ1n) is 8.79. The fourth-order valence-corrected chi connectivity index (χ4v) is 2.97. The molecule has 1 aliphatic heterocycles. The van der Waals surface area contributed by atoms with Crippen molar-refractivity contribution in [2.75, 3.05) is 32.8 Å². The Bertz CT molecular complexity index is 773. The Morgan fingerprint density at radius 2 is 1.88 bits per heavy atom. The van der Waals surface area contributed by atoms with Crippen LogP contribution in [0.5, 0.6) is 5.88 Å². The van der Waals surface area contributed by atoms with Crippen molar-refractivity contribution in [1.29, 1.82) is 5.26 Å². The van der Waals surface area contributed by atoms with Crippen molar-refractivity contribution in [3.63, 3.8) is 0 Å². The normalized spacial score (nSPS) is 14.7. The van der Waals surface area contributed by atoms with Gasteiger partial charge in [-0.25, -0.2) is 4.98 Å². The maximum atomic E-state index is 12.6. The first kappa shape index (κ1) is 17.9. The molecule has 6 nitrogen and oxygen atoms in total. The van der Waals surface area contributed by atoms with E-state index in [9.17, 15) is 4.79 Å². The third kappa shape index (κ3) is 4.38. The molecule has 0 atom stereocenters. The predicted octanol–water partition coefficient (Wildman–Crippen LogP) is 2.31. The molecule has 1 fully saturated rings. The van der Waals surface area contributed by atoms with Gasteiger partial charge in [-0.2, -0.15) is 5.26 Å². The largest absolute Gasteiger partial charge is 0.478 e. The van der Waals surface area contributed by atoms with Crippen molar-refractivity contribution in [1.82, 2.24) is 14.8 Å². The highest BCUT2D eigenvalue weighted by Crippen LogP contribution is 2.14. The molecule has 2 aromatic rings. The summed E-state index contributed by atoms with van der Waals surface area (Å²) >= 11 is 0. The maximum Gasteiger partial charge on any atom is 0.253 e. The SMILES string of the molecule is CCOc1ccc(CN2CCN(C(=O)c3ccc(C#N)cc3)CC2)cn1. The molecule has 3 rings (SSSR count). The van der Waals surface area contributed by atoms with E-state index in [1.54, 1.807) is 24.3 Å². The van der Waals surface area contributed by atoms with E-state index in [4.69, 9.17) is 10.00 Å². The lowest BCUT2D eigenvalue weighted by molar-refractivity contribution is 0.0628. The van der Waals surface area contributed by atoms with Gasteiger partial charge in [-0.1, -0.05) is 6.07 Å². The Balaban J connectivity index is 1.51. The average molecular weight is 350 g/mol. The van der Waals surface area contributed by atoms with Gasteiger partial charge in [0.1, 0.15) is 0 Å². The lowest BCUT2D eigenvalue weighted by Crippen LogP contribution is -2.48. The van der Waals surface area contributed by atoms with Crippen LogP contribution in [0.1, 0.15) is 28.4 Å². The molecular weight excluding hydrogens is 328 g/mol. The van der Waals surface area contributed by atoms with Crippen LogP contribution in [-0.2, 0) is 6.54 Å². The summed E-state index contributed by atoms with van der Waals surface area (Å²) in [4.78, 5) is 21.0. The second kappa shape index (κ2) is 8.45. The smallest absolute Gasteiger partial charge is 0.253 e. The molecule has 26 heavy (non-hydrogen) atoms. The molecule has 1 saturated heterocycles. The molecule has 1 amide bonds. The van der Waals surface area contributed by atoms with Gasteiger partial charge in [0.05, 0.1) is 18.2 Å². The van der Waals surface area contributed by atoms with Gasteiger partial charge in [-0.15, -0.1) is 0 Å². The minimum absolute atomic E-state index is 0.0249. The molecule has 1 aromatic heterocycles. The van der Waals surface area contributed by atoms with Crippen molar-refractivity contribution >= 4 is 5.91 Å². The summed E-state index contributed by atoms with van der Waals surface area (Å²) in [5.74, 6) is 0.672. The quantitative estimate of drug-likeness (QED) is 0.828. The molecule has 1 aliphatic rings. The van der Waals surface area contributed by atoms with Crippen LogP contribution in [0.2, 0.25) is 0 Å². The highest BCUT2D eigenvalue weighted by Gasteiger charge is 2.22. The van der Waals surface area contributed by atoms with E-state index in [0.29, 0.717) is 36.7 Å². The Hall–Kier alpha value is -2.91. The fraction of sp³-hybridized carbons (Fsp3) is 0.350. The zero-order valence-electron chi connectivity index (χ0n) is 14.9. The molecule has 6 heteroatoms. The number of pyridine rings is 1. The zero-order chi connectivity index (χ0) is 18.4. The third-order valence-electron chi connectivity index (χ3n) is 4.42. The lowest BCUT2D eigenvalue weighted by Gasteiger charge is -2.34. The van der Waals surface area contributed by atoms with Crippen LogP contribution < -0.4 is 4.74 Å². The van der Waals surface area contributed by atoms with Crippen molar-refractivity contribution in [3.05, 3.63) is 59.3 Å². The summed E-state index contributed by atoms with van der Waals surface area (Å²) in [6.45, 7) is 6.42. The second-order valence-electron chi connectivity index (χ2n) is 6.20. The van der Waals surface area contributed by atoms with Gasteiger partial charge in [-0.05, 0) is 36.8 Å². The molecule has 0 aliphatic carbocycles. The number of piperazine rings is 1. The van der Waals surface area contributed by atoms with Gasteiger partial charge in [0.2, 0.25) is 5.88 Å². The number of nitriles is 1. The molecule has 0 unspecified atom stereocenters. The van der Waals surface area contributed by atoms with Gasteiger partial charge >= 0.3 is 0 Å². The maximum absolute atomic E-state index is 12.6. The standard InChI is InChI=1S/C20H22N4O2/c1-2-26-19-8-5-17(14-22-19)15-23-9-11-24(12-10-23)20(25)18-6-3-16(13-21)4-7-18/h3-8,14H,2,9-12,15H2,1H3. The van der Waals surface area contributed by atoms with E-state index >= 15 is 0 Å². The zero-order valence-corrected chi connectivity index (χ0v) is 14.9. The van der Waals surface area contributed by atoms with E-state index < -0.39 is 0 Å². The molecule has 134 valence electrons. The van der Waals surface area contributed by atoms with Gasteiger partial charge in [0.25, 0.3) is 5.91 Å². The van der Waals surface area contributed by atoms with Crippen LogP contribution >= 0.6 is 0 Å². The Morgan fingerprint density at radius 3 is 2.46 bits per heavy atom. The molecule has 0 radical (unpaired) electrons. The number of carbonyl (C=O) groups excluding carboxylic acids is 1. The van der Waals surface area contributed by atoms with Crippen LogP contribution in [-0.4, -0.2) is 53.5 Å². The number of aromatic nitrogens is 1. The number of nitrogens with zero attached hydrogens (tertiary/aromatic N) is 4. The average Bonchev–Trinajstić information content (AvgIpc) is 2.70. The molecule has 0 N–H and O–H groups in total. The number of benzene rings is 1. The van der Waals surface area contributed by atoms with Gasteiger partial charge in [-0.3, -0.25) is 9.69 Å². The molecular formula is C20H22N4O2. The van der Waals surface area contributed by atoms with Crippen LogP contribution in [0, 0.1) is 11.3 Å². The van der Waals surface area contributed by atoms with E-state index in [-0.39, 0.29) is 5.91 Å². The summed E-state index contributed by atoms with van der Waals surface area (Å²) in [7, 11) is 0. The monoisotopic (exact) mass is 350 g/mol. The van der Waals surface area contributed by atoms with Crippen LogP contribution in [0.25, 0.3) is 0 Å². The van der Waals surface area contributed by atoms with Gasteiger partial charge in [0.15, 0.2) is 0 Å². The van der Waals surface area contributed by atoms with Crippen molar-refractivity contribution < 1.29 is 9.53 Å². The Labute approximate surface area is 153 Å². The van der Waals surface area contributed by atoms with Crippen LogP contribution in [0.4, 0.5) is 0 Å². The summed E-state index contributed by atoms with van der Waals surface area (Å²) in [5.41, 5.74) is 2.34. The van der Waals surface area contributed by atoms with E-state index in [0.717, 1.165) is 25.2 Å². The summed E-state index contributed by atoms with van der Waals surface area (Å²) in [6.07, 6.45) is 1.85. The van der Waals surface area contributed by atoms with Gasteiger partial charge in [0, 0.05) is 50.6 Å². The highest BCUT2D eigenvalue weighted by molar-refractivity contribution is 5.94. The number of rotatable bonds is 5. The lowest BCUT2D eigenvalue weighted by atomic mass is 10.1. The van der Waals surface area contributed by atoms with Crippen molar-refractivity contribution in [2.24, 2.45) is 0 Å². The summed E-state index contributed by atoms with van der Waals surface area (Å²) in [6, 6.07) is 12.8.